The molecule has 0 saturated carbocycles. The Kier molecular flexibility index (Phi) is 2.69. The smallest absolute Gasteiger partial charge is 0.297 e. The molecule has 2 N–H and O–H groups in total. The van der Waals surface area contributed by atoms with Crippen molar-refractivity contribution in [2.24, 2.45) is 0 Å². The number of pyridine rings is 1. The Labute approximate surface area is 106 Å². The summed E-state index contributed by atoms with van der Waals surface area (Å²) in [5, 5.41) is 15.3. The van der Waals surface area contributed by atoms with Gasteiger partial charge in [-0.15, -0.1) is 10.2 Å². The highest BCUT2D eigenvalue weighted by Crippen LogP contribution is 2.09. The third-order valence-electron chi connectivity index (χ3n) is 2.32. The highest BCUT2D eigenvalue weighted by Gasteiger charge is 2.10. The van der Waals surface area contributed by atoms with Crippen LogP contribution in [0.4, 0.5) is 5.69 Å². The van der Waals surface area contributed by atoms with Crippen LogP contribution in [0.25, 0.3) is 5.82 Å². The predicted octanol–water partition coefficient (Wildman–Crippen LogP) is 0.0327. The van der Waals surface area contributed by atoms with Crippen molar-refractivity contribution in [3.05, 3.63) is 42.9 Å². The summed E-state index contributed by atoms with van der Waals surface area (Å²) in [4.78, 5) is 19.8. The molecule has 0 fully saturated rings. The number of amides is 1. The summed E-state index contributed by atoms with van der Waals surface area (Å²) in [5.74, 6) is 0.222. The van der Waals surface area contributed by atoms with Gasteiger partial charge in [0, 0.05) is 12.4 Å². The Morgan fingerprint density at radius 1 is 1.37 bits per heavy atom. The van der Waals surface area contributed by atoms with Crippen molar-refractivity contribution in [2.45, 2.75) is 0 Å². The molecule has 0 aromatic carbocycles. The fourth-order valence-electron chi connectivity index (χ4n) is 1.45. The second kappa shape index (κ2) is 4.64. The van der Waals surface area contributed by atoms with Gasteiger partial charge in [0.25, 0.3) is 11.7 Å². The van der Waals surface area contributed by atoms with E-state index >= 15 is 0 Å². The van der Waals surface area contributed by atoms with Gasteiger partial charge in [0.05, 0.1) is 11.9 Å². The van der Waals surface area contributed by atoms with Gasteiger partial charge in [-0.25, -0.2) is 9.97 Å². The largest absolute Gasteiger partial charge is 0.318 e. The second-order valence-corrected chi connectivity index (χ2v) is 3.56. The molecule has 0 unspecified atom stereocenters. The number of rotatable bonds is 3. The first-order chi connectivity index (χ1) is 9.33. The molecule has 1 amide bonds. The second-order valence-electron chi connectivity index (χ2n) is 3.56. The van der Waals surface area contributed by atoms with Gasteiger partial charge in [-0.1, -0.05) is 0 Å². The highest BCUT2D eigenvalue weighted by molar-refractivity contribution is 6.01. The number of anilines is 1. The van der Waals surface area contributed by atoms with Crippen LogP contribution in [-0.4, -0.2) is 41.1 Å². The maximum atomic E-state index is 11.6. The molecule has 0 aliphatic heterocycles. The highest BCUT2D eigenvalue weighted by atomic mass is 16.2. The van der Waals surface area contributed by atoms with E-state index in [0.717, 1.165) is 0 Å². The number of aromatic amines is 1. The van der Waals surface area contributed by atoms with Crippen molar-refractivity contribution in [1.82, 2.24) is 35.2 Å². The lowest BCUT2D eigenvalue weighted by Gasteiger charge is -2.04. The van der Waals surface area contributed by atoms with Gasteiger partial charge in [0.1, 0.15) is 12.1 Å². The van der Waals surface area contributed by atoms with Crippen LogP contribution in [0.5, 0.6) is 0 Å². The van der Waals surface area contributed by atoms with Crippen molar-refractivity contribution in [1.29, 1.82) is 0 Å². The minimum Gasteiger partial charge on any atom is -0.318 e. The Balaban J connectivity index is 1.75. The number of aromatic nitrogens is 7. The van der Waals surface area contributed by atoms with Crippen LogP contribution in [0.1, 0.15) is 10.6 Å². The molecule has 0 bridgehead atoms. The van der Waals surface area contributed by atoms with E-state index in [1.807, 2.05) is 0 Å². The Morgan fingerprint density at radius 3 is 2.95 bits per heavy atom. The number of carbonyl (C=O) groups is 1. The third-order valence-corrected chi connectivity index (χ3v) is 2.32. The van der Waals surface area contributed by atoms with Gasteiger partial charge in [-0.3, -0.25) is 9.36 Å². The first kappa shape index (κ1) is 11.0. The maximum absolute atomic E-state index is 11.6. The molecule has 3 heterocycles. The van der Waals surface area contributed by atoms with Crippen LogP contribution in [-0.2, 0) is 0 Å². The fraction of sp³-hybridized carbons (Fsp3) is 0. The number of H-pyrrole nitrogens is 1. The van der Waals surface area contributed by atoms with Crippen molar-refractivity contribution in [3.63, 3.8) is 0 Å². The zero-order valence-corrected chi connectivity index (χ0v) is 9.56. The van der Waals surface area contributed by atoms with E-state index in [2.05, 4.69) is 35.9 Å². The van der Waals surface area contributed by atoms with Gasteiger partial charge < -0.3 is 5.32 Å². The molecular weight excluding hydrogens is 248 g/mol. The maximum Gasteiger partial charge on any atom is 0.297 e. The van der Waals surface area contributed by atoms with E-state index in [1.165, 1.54) is 6.20 Å². The number of hydrogen-bond acceptors (Lipinski definition) is 6. The standard InChI is InChI=1S/C10H8N8O/c19-10(9-14-16-17-15-9)13-7-1-2-8(12-5-7)18-4-3-11-6-18/h1-6H,(H,13,19)(H,14,15,16,17). The van der Waals surface area contributed by atoms with Crippen LogP contribution in [0, 0.1) is 0 Å². The molecular formula is C10H8N8O. The van der Waals surface area contributed by atoms with E-state index < -0.39 is 5.91 Å². The molecule has 94 valence electrons. The van der Waals surface area contributed by atoms with Crippen molar-refractivity contribution < 1.29 is 4.79 Å². The predicted molar refractivity (Wildman–Crippen MR) is 63.5 cm³/mol. The summed E-state index contributed by atoms with van der Waals surface area (Å²) in [6.07, 6.45) is 6.61. The van der Waals surface area contributed by atoms with Crippen LogP contribution in [0.15, 0.2) is 37.1 Å². The molecule has 0 spiro atoms. The molecule has 3 aromatic rings. The van der Waals surface area contributed by atoms with Crippen LogP contribution < -0.4 is 5.32 Å². The third kappa shape index (κ3) is 2.29. The number of nitrogens with one attached hydrogen (secondary N) is 2. The first-order valence-corrected chi connectivity index (χ1v) is 5.32. The van der Waals surface area contributed by atoms with Gasteiger partial charge >= 0.3 is 0 Å². The van der Waals surface area contributed by atoms with Gasteiger partial charge in [-0.2, -0.15) is 5.21 Å². The van der Waals surface area contributed by atoms with Gasteiger partial charge in [-0.05, 0) is 17.3 Å². The van der Waals surface area contributed by atoms with E-state index in [1.54, 1.807) is 35.4 Å². The minimum absolute atomic E-state index is 0.0290. The lowest BCUT2D eigenvalue weighted by Crippen LogP contribution is -2.14. The zero-order valence-electron chi connectivity index (χ0n) is 9.56. The molecule has 9 nitrogen and oxygen atoms in total. The molecule has 0 aliphatic carbocycles. The van der Waals surface area contributed by atoms with Gasteiger partial charge in [0.15, 0.2) is 0 Å². The molecule has 3 rings (SSSR count). The Bertz CT molecular complexity index is 658. The molecule has 0 radical (unpaired) electrons. The number of hydrogen-bond donors (Lipinski definition) is 2. The SMILES string of the molecule is O=C(Nc1ccc(-n2ccnc2)nc1)c1nn[nH]n1. The van der Waals surface area contributed by atoms with E-state index in [-0.39, 0.29) is 5.82 Å². The average molecular weight is 256 g/mol. The normalized spacial score (nSPS) is 10.3. The van der Waals surface area contributed by atoms with Crippen LogP contribution >= 0.6 is 0 Å². The molecule has 0 atom stereocenters. The van der Waals surface area contributed by atoms with Crippen molar-refractivity contribution in [2.75, 3.05) is 5.32 Å². The van der Waals surface area contributed by atoms with E-state index in [9.17, 15) is 4.79 Å². The number of tetrazole rings is 1. The number of carbonyl (C=O) groups excluding carboxylic acids is 1. The lowest BCUT2D eigenvalue weighted by atomic mass is 10.4. The molecule has 0 aliphatic rings. The van der Waals surface area contributed by atoms with Crippen molar-refractivity contribution >= 4 is 11.6 Å². The summed E-state index contributed by atoms with van der Waals surface area (Å²) >= 11 is 0. The quantitative estimate of drug-likeness (QED) is 0.683. The molecule has 3 aromatic heterocycles. The average Bonchev–Trinajstić information content (AvgIpc) is 3.13. The first-order valence-electron chi connectivity index (χ1n) is 5.32. The molecule has 0 saturated heterocycles. The Hall–Kier alpha value is -3.10. The zero-order chi connectivity index (χ0) is 13.1. The summed E-state index contributed by atoms with van der Waals surface area (Å²) in [6.45, 7) is 0. The van der Waals surface area contributed by atoms with Crippen LogP contribution in [0.3, 0.4) is 0 Å². The molecule has 9 heteroatoms. The van der Waals surface area contributed by atoms with E-state index in [0.29, 0.717) is 11.5 Å². The monoisotopic (exact) mass is 256 g/mol. The molecule has 19 heavy (non-hydrogen) atoms. The Morgan fingerprint density at radius 2 is 2.32 bits per heavy atom. The fourth-order valence-corrected chi connectivity index (χ4v) is 1.45. The summed E-state index contributed by atoms with van der Waals surface area (Å²) in [6, 6.07) is 3.48. The van der Waals surface area contributed by atoms with Gasteiger partial charge in [0.2, 0.25) is 0 Å². The summed E-state index contributed by atoms with van der Waals surface area (Å²) in [7, 11) is 0. The topological polar surface area (TPSA) is 114 Å². The van der Waals surface area contributed by atoms with Crippen LogP contribution in [0.2, 0.25) is 0 Å². The lowest BCUT2D eigenvalue weighted by molar-refractivity contribution is 0.101. The number of nitrogens with zero attached hydrogens (tertiary/aromatic N) is 6. The minimum atomic E-state index is -0.453. The number of imidazole rings is 1. The van der Waals surface area contributed by atoms with E-state index in [4.69, 9.17) is 0 Å². The summed E-state index contributed by atoms with van der Waals surface area (Å²) in [5.41, 5.74) is 0.540. The van der Waals surface area contributed by atoms with Crippen molar-refractivity contribution in [3.8, 4) is 5.82 Å². The summed E-state index contributed by atoms with van der Waals surface area (Å²) < 4.78 is 1.75.